The molecule has 1 saturated heterocycles. The molecule has 2 unspecified atom stereocenters. The van der Waals surface area contributed by atoms with Gasteiger partial charge in [-0.25, -0.2) is 4.79 Å². The minimum atomic E-state index is -0.1000. The van der Waals surface area contributed by atoms with Gasteiger partial charge in [-0.1, -0.05) is 19.8 Å². The van der Waals surface area contributed by atoms with Crippen LogP contribution in [0.15, 0.2) is 24.3 Å². The minimum Gasteiger partial charge on any atom is -0.508 e. The molecule has 28 heavy (non-hydrogen) atoms. The Morgan fingerprint density at radius 2 is 1.71 bits per heavy atom. The summed E-state index contributed by atoms with van der Waals surface area (Å²) >= 11 is 0. The van der Waals surface area contributed by atoms with E-state index in [1.165, 1.54) is 31.4 Å². The predicted molar refractivity (Wildman–Crippen MR) is 106 cm³/mol. The standard InChI is InChI=1S/C21H31N3O4/c1-16-4-2-3-5-19(16)28-15-10-22-21(27)24-13-11-23(12-14-24)20(26)17-6-8-18(25)9-7-17/h6-9,16,19,25H,2-5,10-15H2,1H3,(H,22,27). The number of aromatic hydroxyl groups is 1. The molecule has 0 radical (unpaired) electrons. The second kappa shape index (κ2) is 9.78. The SMILES string of the molecule is CC1CCCCC1OCCNC(=O)N1CCN(C(=O)c2ccc(O)cc2)CC1. The first-order valence-corrected chi connectivity index (χ1v) is 10.3. The van der Waals surface area contributed by atoms with Gasteiger partial charge in [0.25, 0.3) is 5.91 Å². The van der Waals surface area contributed by atoms with Crippen molar-refractivity contribution >= 4 is 11.9 Å². The second-order valence-electron chi connectivity index (χ2n) is 7.73. The second-order valence-corrected chi connectivity index (χ2v) is 7.73. The largest absolute Gasteiger partial charge is 0.508 e. The monoisotopic (exact) mass is 389 g/mol. The molecule has 154 valence electrons. The Kier molecular flexibility index (Phi) is 7.14. The highest BCUT2D eigenvalue weighted by Crippen LogP contribution is 2.26. The van der Waals surface area contributed by atoms with Gasteiger partial charge in [0.05, 0.1) is 12.7 Å². The molecule has 1 heterocycles. The fourth-order valence-corrected chi connectivity index (χ4v) is 3.91. The third kappa shape index (κ3) is 5.38. The van der Waals surface area contributed by atoms with Gasteiger partial charge in [0, 0.05) is 38.3 Å². The predicted octanol–water partition coefficient (Wildman–Crippen LogP) is 2.45. The molecule has 3 rings (SSSR count). The number of benzene rings is 1. The summed E-state index contributed by atoms with van der Waals surface area (Å²) in [5.41, 5.74) is 0.546. The van der Waals surface area contributed by atoms with Crippen LogP contribution in [-0.2, 0) is 4.74 Å². The quantitative estimate of drug-likeness (QED) is 0.758. The van der Waals surface area contributed by atoms with Gasteiger partial charge in [-0.2, -0.15) is 0 Å². The number of piperazine rings is 1. The van der Waals surface area contributed by atoms with Crippen LogP contribution in [0.3, 0.4) is 0 Å². The van der Waals surface area contributed by atoms with E-state index in [1.807, 2.05) is 0 Å². The maximum Gasteiger partial charge on any atom is 0.317 e. The van der Waals surface area contributed by atoms with Crippen molar-refractivity contribution in [3.05, 3.63) is 29.8 Å². The molecular formula is C21H31N3O4. The summed E-state index contributed by atoms with van der Waals surface area (Å²) in [6.07, 6.45) is 5.18. The lowest BCUT2D eigenvalue weighted by Gasteiger charge is -2.35. The molecule has 1 aromatic carbocycles. The summed E-state index contributed by atoms with van der Waals surface area (Å²) in [4.78, 5) is 28.3. The van der Waals surface area contributed by atoms with Crippen molar-refractivity contribution in [3.8, 4) is 5.75 Å². The van der Waals surface area contributed by atoms with Gasteiger partial charge < -0.3 is 25.0 Å². The van der Waals surface area contributed by atoms with E-state index in [-0.39, 0.29) is 17.7 Å². The molecule has 1 aromatic rings. The molecule has 1 saturated carbocycles. The van der Waals surface area contributed by atoms with Crippen LogP contribution in [0.5, 0.6) is 5.75 Å². The molecule has 2 atom stereocenters. The first-order chi connectivity index (χ1) is 13.5. The van der Waals surface area contributed by atoms with Crippen LogP contribution in [0.4, 0.5) is 4.79 Å². The van der Waals surface area contributed by atoms with Crippen molar-refractivity contribution in [1.82, 2.24) is 15.1 Å². The molecule has 0 spiro atoms. The molecule has 2 fully saturated rings. The van der Waals surface area contributed by atoms with E-state index in [1.54, 1.807) is 21.9 Å². The van der Waals surface area contributed by atoms with E-state index in [9.17, 15) is 14.7 Å². The molecule has 1 aliphatic heterocycles. The van der Waals surface area contributed by atoms with Gasteiger partial charge in [-0.15, -0.1) is 0 Å². The zero-order valence-electron chi connectivity index (χ0n) is 16.6. The lowest BCUT2D eigenvalue weighted by atomic mass is 9.88. The lowest BCUT2D eigenvalue weighted by Crippen LogP contribution is -2.53. The summed E-state index contributed by atoms with van der Waals surface area (Å²) in [5, 5.41) is 12.3. The average molecular weight is 389 g/mol. The van der Waals surface area contributed by atoms with Crippen molar-refractivity contribution in [2.45, 2.75) is 38.7 Å². The Bertz CT molecular complexity index is 656. The molecule has 2 aliphatic rings. The number of urea groups is 1. The summed E-state index contributed by atoms with van der Waals surface area (Å²) < 4.78 is 5.93. The summed E-state index contributed by atoms with van der Waals surface area (Å²) in [6.45, 7) is 5.31. The maximum atomic E-state index is 12.5. The number of nitrogens with one attached hydrogen (secondary N) is 1. The number of hydrogen-bond acceptors (Lipinski definition) is 4. The van der Waals surface area contributed by atoms with Crippen LogP contribution < -0.4 is 5.32 Å². The molecule has 0 aromatic heterocycles. The lowest BCUT2D eigenvalue weighted by molar-refractivity contribution is -0.00281. The number of rotatable bonds is 5. The summed E-state index contributed by atoms with van der Waals surface area (Å²) in [6, 6.07) is 6.14. The van der Waals surface area contributed by atoms with Gasteiger partial charge in [0.1, 0.15) is 5.75 Å². The van der Waals surface area contributed by atoms with Crippen LogP contribution in [-0.4, -0.2) is 72.3 Å². The van der Waals surface area contributed by atoms with E-state index >= 15 is 0 Å². The normalized spacial score (nSPS) is 22.8. The maximum absolute atomic E-state index is 12.5. The highest BCUT2D eigenvalue weighted by atomic mass is 16.5. The molecule has 7 heteroatoms. The number of nitrogens with zero attached hydrogens (tertiary/aromatic N) is 2. The number of ether oxygens (including phenoxy) is 1. The van der Waals surface area contributed by atoms with E-state index < -0.39 is 0 Å². The van der Waals surface area contributed by atoms with Gasteiger partial charge in [0.15, 0.2) is 0 Å². The number of hydrogen-bond donors (Lipinski definition) is 2. The third-order valence-corrected chi connectivity index (χ3v) is 5.71. The van der Waals surface area contributed by atoms with Gasteiger partial charge >= 0.3 is 6.03 Å². The van der Waals surface area contributed by atoms with Crippen LogP contribution in [0.2, 0.25) is 0 Å². The fraction of sp³-hybridized carbons (Fsp3) is 0.619. The molecular weight excluding hydrogens is 358 g/mol. The zero-order valence-corrected chi connectivity index (χ0v) is 16.6. The van der Waals surface area contributed by atoms with Crippen molar-refractivity contribution in [1.29, 1.82) is 0 Å². The summed E-state index contributed by atoms with van der Waals surface area (Å²) in [5.74, 6) is 0.665. The smallest absolute Gasteiger partial charge is 0.317 e. The van der Waals surface area contributed by atoms with Gasteiger partial charge in [-0.05, 0) is 43.0 Å². The van der Waals surface area contributed by atoms with Crippen molar-refractivity contribution < 1.29 is 19.4 Å². The Hall–Kier alpha value is -2.28. The zero-order chi connectivity index (χ0) is 19.9. The number of phenolic OH excluding ortho intramolecular Hbond substituents is 1. The number of carbonyl (C=O) groups excluding carboxylic acids is 2. The van der Waals surface area contributed by atoms with E-state index in [4.69, 9.17) is 4.74 Å². The van der Waals surface area contributed by atoms with Crippen molar-refractivity contribution in [2.24, 2.45) is 5.92 Å². The van der Waals surface area contributed by atoms with Crippen molar-refractivity contribution in [3.63, 3.8) is 0 Å². The third-order valence-electron chi connectivity index (χ3n) is 5.71. The Balaban J connectivity index is 1.35. The first-order valence-electron chi connectivity index (χ1n) is 10.3. The number of carbonyl (C=O) groups is 2. The van der Waals surface area contributed by atoms with E-state index in [0.717, 1.165) is 6.42 Å². The first kappa shape index (κ1) is 20.5. The number of phenols is 1. The highest BCUT2D eigenvalue weighted by molar-refractivity contribution is 5.94. The van der Waals surface area contributed by atoms with Crippen LogP contribution in [0, 0.1) is 5.92 Å². The minimum absolute atomic E-state index is 0.0740. The van der Waals surface area contributed by atoms with Crippen molar-refractivity contribution in [2.75, 3.05) is 39.3 Å². The van der Waals surface area contributed by atoms with Crippen LogP contribution in [0.25, 0.3) is 0 Å². The Morgan fingerprint density at radius 3 is 2.39 bits per heavy atom. The molecule has 2 N–H and O–H groups in total. The average Bonchev–Trinajstić information content (AvgIpc) is 2.72. The topological polar surface area (TPSA) is 82.1 Å². The van der Waals surface area contributed by atoms with E-state index in [2.05, 4.69) is 12.2 Å². The van der Waals surface area contributed by atoms with E-state index in [0.29, 0.717) is 56.9 Å². The van der Waals surface area contributed by atoms with Crippen LogP contribution >= 0.6 is 0 Å². The highest BCUT2D eigenvalue weighted by Gasteiger charge is 2.25. The molecule has 7 nitrogen and oxygen atoms in total. The number of amides is 3. The molecule has 0 bridgehead atoms. The Morgan fingerprint density at radius 1 is 1.07 bits per heavy atom. The molecule has 3 amide bonds. The Labute approximate surface area is 166 Å². The van der Waals surface area contributed by atoms with Gasteiger partial charge in [0.2, 0.25) is 0 Å². The van der Waals surface area contributed by atoms with Gasteiger partial charge in [-0.3, -0.25) is 4.79 Å². The molecule has 1 aliphatic carbocycles. The van der Waals surface area contributed by atoms with Crippen LogP contribution in [0.1, 0.15) is 43.0 Å². The summed E-state index contributed by atoms with van der Waals surface area (Å²) in [7, 11) is 0. The fourth-order valence-electron chi connectivity index (χ4n) is 3.91.